The summed E-state index contributed by atoms with van der Waals surface area (Å²) in [6.07, 6.45) is 0. The maximum absolute atomic E-state index is 5.71. The molecule has 0 fully saturated rings. The van der Waals surface area contributed by atoms with E-state index in [9.17, 15) is 0 Å². The summed E-state index contributed by atoms with van der Waals surface area (Å²) in [4.78, 5) is 1.13. The molecule has 0 saturated carbocycles. The van der Waals surface area contributed by atoms with Crippen molar-refractivity contribution in [2.24, 2.45) is 7.05 Å². The summed E-state index contributed by atoms with van der Waals surface area (Å²) in [5, 5.41) is 11.4. The summed E-state index contributed by atoms with van der Waals surface area (Å²) < 4.78 is 12.9. The third-order valence-electron chi connectivity index (χ3n) is 3.22. The Morgan fingerprint density at radius 1 is 1.13 bits per heavy atom. The fourth-order valence-electron chi connectivity index (χ4n) is 2.03. The van der Waals surface area contributed by atoms with E-state index in [2.05, 4.69) is 16.3 Å². The van der Waals surface area contributed by atoms with Crippen molar-refractivity contribution in [3.63, 3.8) is 0 Å². The van der Waals surface area contributed by atoms with E-state index in [1.807, 2.05) is 47.3 Å². The molecule has 3 rings (SSSR count). The summed E-state index contributed by atoms with van der Waals surface area (Å²) in [5.74, 6) is 3.37. The van der Waals surface area contributed by atoms with Crippen molar-refractivity contribution in [2.75, 3.05) is 19.5 Å². The first-order valence-electron chi connectivity index (χ1n) is 7.11. The Morgan fingerprint density at radius 3 is 2.61 bits per heavy atom. The van der Waals surface area contributed by atoms with Gasteiger partial charge in [0.25, 0.3) is 0 Å². The molecule has 0 saturated heterocycles. The number of rotatable bonds is 7. The highest BCUT2D eigenvalue weighted by Gasteiger charge is 2.11. The van der Waals surface area contributed by atoms with Crippen LogP contribution in [0.2, 0.25) is 0 Å². The third kappa shape index (κ3) is 3.86. The van der Waals surface area contributed by atoms with Crippen molar-refractivity contribution in [2.45, 2.75) is 5.16 Å². The van der Waals surface area contributed by atoms with Crippen molar-refractivity contribution < 1.29 is 9.47 Å². The van der Waals surface area contributed by atoms with Crippen LogP contribution >= 0.6 is 23.1 Å². The molecule has 3 aromatic rings. The largest absolute Gasteiger partial charge is 0.497 e. The van der Waals surface area contributed by atoms with E-state index in [1.165, 1.54) is 0 Å². The number of nitrogens with zero attached hydrogens (tertiary/aromatic N) is 3. The fourth-order valence-corrected chi connectivity index (χ4v) is 3.50. The summed E-state index contributed by atoms with van der Waals surface area (Å²) >= 11 is 3.30. The molecule has 0 amide bonds. The molecule has 0 spiro atoms. The molecule has 0 radical (unpaired) electrons. The Morgan fingerprint density at radius 2 is 1.91 bits per heavy atom. The molecule has 0 N–H and O–H groups in total. The number of hydrogen-bond donors (Lipinski definition) is 0. The molecule has 23 heavy (non-hydrogen) atoms. The number of thiophene rings is 1. The van der Waals surface area contributed by atoms with Crippen molar-refractivity contribution in [1.82, 2.24) is 14.8 Å². The second-order valence-electron chi connectivity index (χ2n) is 4.71. The van der Waals surface area contributed by atoms with Gasteiger partial charge in [-0.3, -0.25) is 0 Å². The summed E-state index contributed by atoms with van der Waals surface area (Å²) in [6.45, 7) is 0.609. The van der Waals surface area contributed by atoms with Crippen LogP contribution in [0.1, 0.15) is 0 Å². The molecular formula is C16H17N3O2S2. The lowest BCUT2D eigenvalue weighted by atomic mass is 10.3. The van der Waals surface area contributed by atoms with E-state index in [-0.39, 0.29) is 0 Å². The molecule has 0 aliphatic rings. The zero-order valence-corrected chi connectivity index (χ0v) is 14.6. The van der Waals surface area contributed by atoms with Crippen LogP contribution in [0.25, 0.3) is 10.7 Å². The quantitative estimate of drug-likeness (QED) is 0.481. The minimum absolute atomic E-state index is 0.609. The van der Waals surface area contributed by atoms with Gasteiger partial charge in [-0.25, -0.2) is 0 Å². The maximum atomic E-state index is 5.71. The zero-order valence-electron chi connectivity index (χ0n) is 12.9. The minimum Gasteiger partial charge on any atom is -0.497 e. The first-order chi connectivity index (χ1) is 11.3. The van der Waals surface area contributed by atoms with E-state index in [0.29, 0.717) is 6.61 Å². The SMILES string of the molecule is COc1ccc(OCCSc2nnc(-c3cccs3)n2C)cc1. The highest BCUT2D eigenvalue weighted by molar-refractivity contribution is 7.99. The number of aromatic nitrogens is 3. The number of benzene rings is 1. The summed E-state index contributed by atoms with van der Waals surface area (Å²) in [5.41, 5.74) is 0. The molecule has 2 heterocycles. The smallest absolute Gasteiger partial charge is 0.191 e. The van der Waals surface area contributed by atoms with Gasteiger partial charge in [0.1, 0.15) is 11.5 Å². The summed E-state index contributed by atoms with van der Waals surface area (Å²) in [6, 6.07) is 11.7. The molecule has 120 valence electrons. The van der Waals surface area contributed by atoms with Crippen molar-refractivity contribution in [3.8, 4) is 22.2 Å². The fraction of sp³-hybridized carbons (Fsp3) is 0.250. The number of methoxy groups -OCH3 is 1. The highest BCUT2D eigenvalue weighted by atomic mass is 32.2. The lowest BCUT2D eigenvalue weighted by Gasteiger charge is -2.07. The van der Waals surface area contributed by atoms with Crippen LogP contribution in [0.3, 0.4) is 0 Å². The van der Waals surface area contributed by atoms with Gasteiger partial charge in [0.05, 0.1) is 18.6 Å². The van der Waals surface area contributed by atoms with E-state index < -0.39 is 0 Å². The van der Waals surface area contributed by atoms with E-state index in [1.54, 1.807) is 30.2 Å². The Kier molecular flexibility index (Phi) is 5.19. The van der Waals surface area contributed by atoms with Crippen molar-refractivity contribution in [1.29, 1.82) is 0 Å². The average molecular weight is 347 g/mol. The van der Waals surface area contributed by atoms with Gasteiger partial charge in [-0.2, -0.15) is 0 Å². The van der Waals surface area contributed by atoms with Crippen LogP contribution in [-0.4, -0.2) is 34.2 Å². The molecule has 0 bridgehead atoms. The van der Waals surface area contributed by atoms with Crippen LogP contribution in [0, 0.1) is 0 Å². The number of thioether (sulfide) groups is 1. The maximum Gasteiger partial charge on any atom is 0.191 e. The second-order valence-corrected chi connectivity index (χ2v) is 6.72. The topological polar surface area (TPSA) is 49.2 Å². The average Bonchev–Trinajstić information content (AvgIpc) is 3.22. The van der Waals surface area contributed by atoms with Gasteiger partial charge in [0, 0.05) is 12.8 Å². The Labute approximate surface area is 143 Å². The van der Waals surface area contributed by atoms with E-state index >= 15 is 0 Å². The standard InChI is InChI=1S/C16H17N3O2S2/c1-19-15(14-4-3-10-22-14)17-18-16(19)23-11-9-21-13-7-5-12(20-2)6-8-13/h3-8,10H,9,11H2,1-2H3. The lowest BCUT2D eigenvalue weighted by molar-refractivity contribution is 0.342. The molecule has 0 unspecified atom stereocenters. The molecule has 2 aromatic heterocycles. The van der Waals surface area contributed by atoms with Crippen LogP contribution in [0.5, 0.6) is 11.5 Å². The molecule has 1 aromatic carbocycles. The van der Waals surface area contributed by atoms with Gasteiger partial charge >= 0.3 is 0 Å². The predicted octanol–water partition coefficient (Wildman–Crippen LogP) is 3.72. The molecular weight excluding hydrogens is 330 g/mol. The Bertz CT molecular complexity index is 739. The van der Waals surface area contributed by atoms with Gasteiger partial charge in [-0.05, 0) is 35.7 Å². The lowest BCUT2D eigenvalue weighted by Crippen LogP contribution is -2.02. The predicted molar refractivity (Wildman–Crippen MR) is 93.5 cm³/mol. The molecule has 0 aliphatic heterocycles. The van der Waals surface area contributed by atoms with Gasteiger partial charge in [-0.15, -0.1) is 21.5 Å². The van der Waals surface area contributed by atoms with Gasteiger partial charge in [-0.1, -0.05) is 17.8 Å². The normalized spacial score (nSPS) is 10.7. The molecule has 5 nitrogen and oxygen atoms in total. The second kappa shape index (κ2) is 7.52. The minimum atomic E-state index is 0.609. The number of hydrogen-bond acceptors (Lipinski definition) is 6. The Balaban J connectivity index is 1.51. The van der Waals surface area contributed by atoms with Crippen molar-refractivity contribution >= 4 is 23.1 Å². The van der Waals surface area contributed by atoms with Gasteiger partial charge < -0.3 is 14.0 Å². The monoisotopic (exact) mass is 347 g/mol. The van der Waals surface area contributed by atoms with E-state index in [0.717, 1.165) is 33.1 Å². The molecule has 0 aliphatic carbocycles. The zero-order chi connectivity index (χ0) is 16.1. The van der Waals surface area contributed by atoms with Gasteiger partial charge in [0.2, 0.25) is 0 Å². The Hall–Kier alpha value is -1.99. The molecule has 7 heteroatoms. The van der Waals surface area contributed by atoms with Crippen LogP contribution in [-0.2, 0) is 7.05 Å². The highest BCUT2D eigenvalue weighted by Crippen LogP contribution is 2.26. The first-order valence-corrected chi connectivity index (χ1v) is 8.97. The first kappa shape index (κ1) is 15.9. The van der Waals surface area contributed by atoms with Gasteiger partial charge in [0.15, 0.2) is 11.0 Å². The van der Waals surface area contributed by atoms with E-state index in [4.69, 9.17) is 9.47 Å². The summed E-state index contributed by atoms with van der Waals surface area (Å²) in [7, 11) is 3.64. The van der Waals surface area contributed by atoms with Crippen LogP contribution < -0.4 is 9.47 Å². The van der Waals surface area contributed by atoms with Crippen LogP contribution in [0.15, 0.2) is 46.9 Å². The molecule has 0 atom stereocenters. The number of ether oxygens (including phenoxy) is 2. The third-order valence-corrected chi connectivity index (χ3v) is 5.07. The van der Waals surface area contributed by atoms with Crippen molar-refractivity contribution in [3.05, 3.63) is 41.8 Å². The van der Waals surface area contributed by atoms with Crippen LogP contribution in [0.4, 0.5) is 0 Å².